The first-order valence-electron chi connectivity index (χ1n) is 8.48. The minimum Gasteiger partial charge on any atom is -0.388 e. The summed E-state index contributed by atoms with van der Waals surface area (Å²) in [6, 6.07) is 0.189. The van der Waals surface area contributed by atoms with E-state index in [1.165, 1.54) is 0 Å². The maximum Gasteiger partial charge on any atom is 0.317 e. The summed E-state index contributed by atoms with van der Waals surface area (Å²) >= 11 is 0. The van der Waals surface area contributed by atoms with Gasteiger partial charge in [-0.05, 0) is 38.5 Å². The summed E-state index contributed by atoms with van der Waals surface area (Å²) in [6.07, 6.45) is 9.26. The highest BCUT2D eigenvalue weighted by Gasteiger charge is 2.40. The van der Waals surface area contributed by atoms with E-state index in [1.54, 1.807) is 4.90 Å². The molecule has 5 heteroatoms. The van der Waals surface area contributed by atoms with E-state index >= 15 is 0 Å². The Morgan fingerprint density at radius 1 is 0.952 bits per heavy atom. The van der Waals surface area contributed by atoms with E-state index in [4.69, 9.17) is 0 Å². The van der Waals surface area contributed by atoms with Gasteiger partial charge in [0.15, 0.2) is 0 Å². The van der Waals surface area contributed by atoms with Gasteiger partial charge in [-0.3, -0.25) is 0 Å². The number of carbonyl (C=O) groups excluding carboxylic acids is 1. The molecule has 3 aliphatic carbocycles. The van der Waals surface area contributed by atoms with Crippen molar-refractivity contribution in [3.63, 3.8) is 0 Å². The number of hydrogen-bond acceptors (Lipinski definition) is 3. The molecule has 0 bridgehead atoms. The minimum atomic E-state index is -0.754. The molecule has 3 rings (SSSR count). The van der Waals surface area contributed by atoms with Crippen LogP contribution in [0.15, 0.2) is 0 Å². The first-order chi connectivity index (χ1) is 9.98. The topological polar surface area (TPSA) is 72.8 Å². The first-order valence-corrected chi connectivity index (χ1v) is 8.48. The first kappa shape index (κ1) is 15.1. The highest BCUT2D eigenvalue weighted by Crippen LogP contribution is 2.34. The van der Waals surface area contributed by atoms with Crippen LogP contribution in [0.25, 0.3) is 0 Å². The van der Waals surface area contributed by atoms with Crippen LogP contribution in [0.4, 0.5) is 4.79 Å². The molecule has 2 amide bonds. The molecule has 3 aliphatic rings. The van der Waals surface area contributed by atoms with E-state index < -0.39 is 11.2 Å². The van der Waals surface area contributed by atoms with Crippen LogP contribution in [0.1, 0.15) is 64.2 Å². The Hall–Kier alpha value is -0.810. The minimum absolute atomic E-state index is 0.113. The number of carbonyl (C=O) groups is 1. The number of amides is 2. The summed E-state index contributed by atoms with van der Waals surface area (Å²) in [4.78, 5) is 14.1. The van der Waals surface area contributed by atoms with Crippen LogP contribution in [0.2, 0.25) is 0 Å². The number of nitrogens with one attached hydrogen (secondary N) is 1. The maximum absolute atomic E-state index is 12.4. The fourth-order valence-corrected chi connectivity index (χ4v) is 3.79. The van der Waals surface area contributed by atoms with E-state index in [0.29, 0.717) is 19.1 Å². The van der Waals surface area contributed by atoms with Crippen LogP contribution in [0, 0.1) is 0 Å². The molecule has 3 saturated carbocycles. The molecule has 21 heavy (non-hydrogen) atoms. The molecule has 0 atom stereocenters. The molecule has 0 aliphatic heterocycles. The molecule has 0 unspecified atom stereocenters. The van der Waals surface area contributed by atoms with Gasteiger partial charge in [0.1, 0.15) is 0 Å². The van der Waals surface area contributed by atoms with E-state index in [1.807, 2.05) is 0 Å². The molecule has 0 radical (unpaired) electrons. The molecule has 0 aromatic heterocycles. The molecule has 5 nitrogen and oxygen atoms in total. The van der Waals surface area contributed by atoms with Crippen LogP contribution < -0.4 is 5.32 Å². The quantitative estimate of drug-likeness (QED) is 0.724. The van der Waals surface area contributed by atoms with Crippen LogP contribution in [-0.2, 0) is 0 Å². The molecule has 0 heterocycles. The zero-order chi connectivity index (χ0) is 14.9. The molecule has 0 aromatic carbocycles. The van der Waals surface area contributed by atoms with Crippen LogP contribution in [0.5, 0.6) is 0 Å². The largest absolute Gasteiger partial charge is 0.388 e. The second-order valence-corrected chi connectivity index (χ2v) is 7.44. The Bertz CT molecular complexity index is 359. The third kappa shape index (κ3) is 3.89. The molecular weight excluding hydrogens is 268 g/mol. The summed E-state index contributed by atoms with van der Waals surface area (Å²) in [6.45, 7) is 0.710. The summed E-state index contributed by atoms with van der Waals surface area (Å²) in [5.74, 6) is 0. The monoisotopic (exact) mass is 296 g/mol. The smallest absolute Gasteiger partial charge is 0.317 e. The van der Waals surface area contributed by atoms with Crippen molar-refractivity contribution in [1.82, 2.24) is 10.2 Å². The van der Waals surface area contributed by atoms with E-state index in [9.17, 15) is 15.0 Å². The highest BCUT2D eigenvalue weighted by atomic mass is 16.3. The fourth-order valence-electron chi connectivity index (χ4n) is 3.79. The van der Waals surface area contributed by atoms with Crippen molar-refractivity contribution in [2.45, 2.75) is 81.5 Å². The van der Waals surface area contributed by atoms with Crippen molar-refractivity contribution >= 4 is 6.03 Å². The SMILES string of the molecule is O=C(NC1CC1)N(CC1(O)CCCC1)CC1(O)CCCC1. The normalized spacial score (nSPS) is 26.8. The summed E-state index contributed by atoms with van der Waals surface area (Å²) in [5, 5.41) is 24.2. The fraction of sp³-hybridized carbons (Fsp3) is 0.938. The lowest BCUT2D eigenvalue weighted by Gasteiger charge is -2.36. The average Bonchev–Trinajstić information content (AvgIpc) is 2.97. The predicted molar refractivity (Wildman–Crippen MR) is 80.0 cm³/mol. The second-order valence-electron chi connectivity index (χ2n) is 7.44. The van der Waals surface area contributed by atoms with Crippen molar-refractivity contribution in [1.29, 1.82) is 0 Å². The Kier molecular flexibility index (Phi) is 4.14. The number of rotatable bonds is 5. The van der Waals surface area contributed by atoms with Crippen molar-refractivity contribution in [2.24, 2.45) is 0 Å². The molecule has 0 saturated heterocycles. The molecule has 3 N–H and O–H groups in total. The molecule has 0 spiro atoms. The van der Waals surface area contributed by atoms with Gasteiger partial charge >= 0.3 is 6.03 Å². The summed E-state index contributed by atoms with van der Waals surface area (Å²) in [5.41, 5.74) is -1.51. The van der Waals surface area contributed by atoms with E-state index in [0.717, 1.165) is 64.2 Å². The van der Waals surface area contributed by atoms with Gasteiger partial charge in [0, 0.05) is 6.04 Å². The van der Waals surface area contributed by atoms with Gasteiger partial charge in [-0.25, -0.2) is 4.79 Å². The van der Waals surface area contributed by atoms with Gasteiger partial charge in [-0.15, -0.1) is 0 Å². The second kappa shape index (κ2) is 5.76. The van der Waals surface area contributed by atoms with Gasteiger partial charge < -0.3 is 20.4 Å². The molecule has 0 aromatic rings. The third-order valence-electron chi connectivity index (χ3n) is 5.23. The van der Waals surface area contributed by atoms with E-state index in [2.05, 4.69) is 5.32 Å². The Labute approximate surface area is 126 Å². The maximum atomic E-state index is 12.4. The van der Waals surface area contributed by atoms with E-state index in [-0.39, 0.29) is 6.03 Å². The zero-order valence-corrected chi connectivity index (χ0v) is 12.8. The Morgan fingerprint density at radius 2 is 1.38 bits per heavy atom. The van der Waals surface area contributed by atoms with Gasteiger partial charge in [0.25, 0.3) is 0 Å². The lowest BCUT2D eigenvalue weighted by Crippen LogP contribution is -2.53. The number of hydrogen-bond donors (Lipinski definition) is 3. The van der Waals surface area contributed by atoms with Gasteiger partial charge in [-0.1, -0.05) is 25.7 Å². The number of urea groups is 1. The van der Waals surface area contributed by atoms with Crippen molar-refractivity contribution in [3.05, 3.63) is 0 Å². The predicted octanol–water partition coefficient (Wildman–Crippen LogP) is 1.77. The Morgan fingerprint density at radius 3 is 1.76 bits per heavy atom. The summed E-state index contributed by atoms with van der Waals surface area (Å²) in [7, 11) is 0. The molecule has 120 valence electrons. The molecule has 3 fully saturated rings. The molecular formula is C16H28N2O3. The van der Waals surface area contributed by atoms with Crippen LogP contribution in [-0.4, -0.2) is 51.5 Å². The highest BCUT2D eigenvalue weighted by molar-refractivity contribution is 5.75. The van der Waals surface area contributed by atoms with Gasteiger partial charge in [0.2, 0.25) is 0 Å². The van der Waals surface area contributed by atoms with Crippen molar-refractivity contribution < 1.29 is 15.0 Å². The zero-order valence-electron chi connectivity index (χ0n) is 12.8. The standard InChI is InChI=1S/C16H28N2O3/c19-14(17-13-5-6-13)18(11-15(20)7-1-2-8-15)12-16(21)9-3-4-10-16/h13,20-21H,1-12H2,(H,17,19). The van der Waals surface area contributed by atoms with Crippen LogP contribution >= 0.6 is 0 Å². The van der Waals surface area contributed by atoms with Gasteiger partial charge in [0.05, 0.1) is 24.3 Å². The lowest BCUT2D eigenvalue weighted by molar-refractivity contribution is -0.0192. The van der Waals surface area contributed by atoms with Crippen LogP contribution in [0.3, 0.4) is 0 Å². The third-order valence-corrected chi connectivity index (χ3v) is 5.23. The summed E-state index contributed by atoms with van der Waals surface area (Å²) < 4.78 is 0. The average molecular weight is 296 g/mol. The number of nitrogens with zero attached hydrogens (tertiary/aromatic N) is 1. The Balaban J connectivity index is 1.65. The van der Waals surface area contributed by atoms with Gasteiger partial charge in [-0.2, -0.15) is 0 Å². The van der Waals surface area contributed by atoms with Crippen molar-refractivity contribution in [2.75, 3.05) is 13.1 Å². The number of aliphatic hydroxyl groups is 2. The van der Waals surface area contributed by atoms with Crippen molar-refractivity contribution in [3.8, 4) is 0 Å². The lowest BCUT2D eigenvalue weighted by atomic mass is 9.98.